The lowest BCUT2D eigenvalue weighted by Gasteiger charge is -2.32. The molecule has 5 rings (SSSR count). The normalized spacial score (nSPS) is 15.5. The van der Waals surface area contributed by atoms with Crippen molar-refractivity contribution < 1.29 is 27.4 Å². The van der Waals surface area contributed by atoms with Crippen LogP contribution >= 0.6 is 11.3 Å². The van der Waals surface area contributed by atoms with E-state index < -0.39 is 15.6 Å². The zero-order valence-corrected chi connectivity index (χ0v) is 21.8. The van der Waals surface area contributed by atoms with E-state index in [0.717, 1.165) is 16.2 Å². The minimum Gasteiger partial charge on any atom is -0.484 e. The molecule has 4 aromatic rings. The average molecular weight is 541 g/mol. The van der Waals surface area contributed by atoms with Crippen LogP contribution in [0.2, 0.25) is 0 Å². The third kappa shape index (κ3) is 5.78. The van der Waals surface area contributed by atoms with Crippen LogP contribution in [0.15, 0.2) is 75.4 Å². The van der Waals surface area contributed by atoms with Gasteiger partial charge in [0, 0.05) is 49.2 Å². The van der Waals surface area contributed by atoms with Gasteiger partial charge in [0.2, 0.25) is 10.0 Å². The molecule has 1 aliphatic rings. The lowest BCUT2D eigenvalue weighted by Crippen LogP contribution is -2.33. The molecule has 0 amide bonds. The zero-order chi connectivity index (χ0) is 25.9. The first-order chi connectivity index (χ1) is 17.8. The molecule has 37 heavy (non-hydrogen) atoms. The zero-order valence-electron chi connectivity index (χ0n) is 20.1. The van der Waals surface area contributed by atoms with E-state index in [2.05, 4.69) is 0 Å². The highest BCUT2D eigenvalue weighted by molar-refractivity contribution is 7.89. The number of nitrogens with two attached hydrogens (primary N) is 1. The number of thiophene rings is 1. The number of aryl methyl sites for hydroxylation is 1. The summed E-state index contributed by atoms with van der Waals surface area (Å²) >= 11 is 1.48. The van der Waals surface area contributed by atoms with Crippen molar-refractivity contribution in [3.8, 4) is 27.6 Å². The number of primary sulfonamides is 1. The van der Waals surface area contributed by atoms with Crippen molar-refractivity contribution in [3.63, 3.8) is 0 Å². The number of ether oxygens (including phenoxy) is 2. The van der Waals surface area contributed by atoms with Gasteiger partial charge in [0.25, 0.3) is 0 Å². The summed E-state index contributed by atoms with van der Waals surface area (Å²) < 4.78 is 40.9. The van der Waals surface area contributed by atoms with Crippen molar-refractivity contribution in [1.82, 2.24) is 4.98 Å². The van der Waals surface area contributed by atoms with Crippen LogP contribution in [0.25, 0.3) is 22.6 Å². The Balaban J connectivity index is 1.30. The Hall–Kier alpha value is -3.02. The van der Waals surface area contributed by atoms with E-state index in [1.165, 1.54) is 23.5 Å². The number of aromatic nitrogens is 1. The van der Waals surface area contributed by atoms with Gasteiger partial charge in [-0.2, -0.15) is 0 Å². The molecule has 2 aromatic carbocycles. The van der Waals surface area contributed by atoms with Crippen LogP contribution < -0.4 is 9.88 Å². The molecule has 0 spiro atoms. The molecule has 3 heterocycles. The Labute approximate surface area is 219 Å². The van der Waals surface area contributed by atoms with Crippen molar-refractivity contribution in [2.75, 3.05) is 19.8 Å². The molecule has 2 aromatic heterocycles. The first-order valence-corrected chi connectivity index (χ1v) is 14.5. The number of nitrogens with zero attached hydrogens (tertiary/aromatic N) is 1. The van der Waals surface area contributed by atoms with Gasteiger partial charge >= 0.3 is 0 Å². The molecule has 1 fully saturated rings. The number of hydrogen-bond donors (Lipinski definition) is 2. The predicted octanol–water partition coefficient (Wildman–Crippen LogP) is 4.73. The van der Waals surface area contributed by atoms with Crippen molar-refractivity contribution in [2.24, 2.45) is 5.14 Å². The number of aliphatic hydroxyl groups is 1. The SMILES string of the molecule is NS(=O)(=O)c1ccc(-c2oc(CCCOc3sccc3C3(O)CCOCC3)nc2-c2ccccc2)cc1. The maximum Gasteiger partial charge on any atom is 0.238 e. The molecular weight excluding hydrogens is 512 g/mol. The molecule has 10 heteroatoms. The number of rotatable bonds is 9. The van der Waals surface area contributed by atoms with Crippen LogP contribution in [-0.2, 0) is 26.8 Å². The molecule has 8 nitrogen and oxygen atoms in total. The molecule has 0 bridgehead atoms. The van der Waals surface area contributed by atoms with E-state index in [-0.39, 0.29) is 4.90 Å². The van der Waals surface area contributed by atoms with E-state index in [4.69, 9.17) is 24.0 Å². The van der Waals surface area contributed by atoms with Gasteiger partial charge in [-0.15, -0.1) is 11.3 Å². The molecule has 0 radical (unpaired) electrons. The van der Waals surface area contributed by atoms with Crippen molar-refractivity contribution in [2.45, 2.75) is 36.2 Å². The number of hydrogen-bond acceptors (Lipinski definition) is 8. The molecule has 0 saturated carbocycles. The van der Waals surface area contributed by atoms with Gasteiger partial charge in [-0.3, -0.25) is 0 Å². The van der Waals surface area contributed by atoms with Gasteiger partial charge < -0.3 is 19.0 Å². The lowest BCUT2D eigenvalue weighted by molar-refractivity contribution is -0.0688. The molecule has 0 unspecified atom stereocenters. The third-order valence-corrected chi connectivity index (χ3v) is 8.14. The Morgan fingerprint density at radius 1 is 1.03 bits per heavy atom. The average Bonchev–Trinajstić information content (AvgIpc) is 3.55. The second kappa shape index (κ2) is 10.8. The van der Waals surface area contributed by atoms with Gasteiger partial charge in [0.15, 0.2) is 16.7 Å². The molecule has 0 atom stereocenters. The van der Waals surface area contributed by atoms with Crippen LogP contribution in [0.3, 0.4) is 0 Å². The van der Waals surface area contributed by atoms with Gasteiger partial charge in [-0.25, -0.2) is 18.5 Å². The van der Waals surface area contributed by atoms with Crippen LogP contribution in [-0.4, -0.2) is 38.3 Å². The topological polar surface area (TPSA) is 125 Å². The monoisotopic (exact) mass is 540 g/mol. The van der Waals surface area contributed by atoms with E-state index in [0.29, 0.717) is 68.4 Å². The standard InChI is InChI=1S/C27H28N2O6S2/c28-37(31,32)21-10-8-20(9-11-21)25-24(19-5-2-1-3-6-19)29-23(35-25)7-4-15-34-26-22(12-18-36-26)27(30)13-16-33-17-14-27/h1-3,5-6,8-12,18,30H,4,7,13-17H2,(H2,28,31,32). The fraction of sp³-hybridized carbons (Fsp3) is 0.296. The number of benzene rings is 2. The minimum absolute atomic E-state index is 0.0350. The quantitative estimate of drug-likeness (QED) is 0.294. The largest absolute Gasteiger partial charge is 0.484 e. The Morgan fingerprint density at radius 3 is 2.46 bits per heavy atom. The highest BCUT2D eigenvalue weighted by Gasteiger charge is 2.35. The predicted molar refractivity (Wildman–Crippen MR) is 141 cm³/mol. The summed E-state index contributed by atoms with van der Waals surface area (Å²) in [6.45, 7) is 1.51. The number of sulfonamides is 1. The maximum absolute atomic E-state index is 11.6. The van der Waals surface area contributed by atoms with Crippen LogP contribution in [0, 0.1) is 0 Å². The second-order valence-electron chi connectivity index (χ2n) is 8.94. The fourth-order valence-electron chi connectivity index (χ4n) is 4.37. The third-order valence-electron chi connectivity index (χ3n) is 6.38. The Morgan fingerprint density at radius 2 is 1.76 bits per heavy atom. The van der Waals surface area contributed by atoms with Gasteiger partial charge in [-0.05, 0) is 42.1 Å². The highest BCUT2D eigenvalue weighted by atomic mass is 32.2. The molecule has 1 saturated heterocycles. The summed E-state index contributed by atoms with van der Waals surface area (Å²) in [7, 11) is -3.79. The summed E-state index contributed by atoms with van der Waals surface area (Å²) in [6, 6.07) is 17.9. The summed E-state index contributed by atoms with van der Waals surface area (Å²) in [5, 5.41) is 18.9. The van der Waals surface area contributed by atoms with E-state index >= 15 is 0 Å². The smallest absolute Gasteiger partial charge is 0.238 e. The van der Waals surface area contributed by atoms with E-state index in [1.807, 2.05) is 41.8 Å². The second-order valence-corrected chi connectivity index (χ2v) is 11.4. The van der Waals surface area contributed by atoms with Crippen molar-refractivity contribution >= 4 is 21.4 Å². The van der Waals surface area contributed by atoms with E-state index in [1.54, 1.807) is 12.1 Å². The first-order valence-electron chi connectivity index (χ1n) is 12.0. The van der Waals surface area contributed by atoms with Crippen LogP contribution in [0.1, 0.15) is 30.7 Å². The molecular formula is C27H28N2O6S2. The molecule has 0 aliphatic carbocycles. The summed E-state index contributed by atoms with van der Waals surface area (Å²) in [4.78, 5) is 4.78. The van der Waals surface area contributed by atoms with E-state index in [9.17, 15) is 13.5 Å². The van der Waals surface area contributed by atoms with Crippen molar-refractivity contribution in [3.05, 3.63) is 77.5 Å². The molecule has 1 aliphatic heterocycles. The van der Waals surface area contributed by atoms with Crippen LogP contribution in [0.5, 0.6) is 5.06 Å². The van der Waals surface area contributed by atoms with Gasteiger partial charge in [0.05, 0.1) is 17.1 Å². The number of oxazole rings is 1. The highest BCUT2D eigenvalue weighted by Crippen LogP contribution is 2.41. The van der Waals surface area contributed by atoms with Crippen LogP contribution in [0.4, 0.5) is 0 Å². The maximum atomic E-state index is 11.6. The lowest BCUT2D eigenvalue weighted by atomic mass is 9.88. The minimum atomic E-state index is -3.79. The fourth-order valence-corrected chi connectivity index (χ4v) is 5.75. The summed E-state index contributed by atoms with van der Waals surface area (Å²) in [5.74, 6) is 1.12. The Bertz CT molecular complexity index is 1440. The summed E-state index contributed by atoms with van der Waals surface area (Å²) in [6.07, 6.45) is 2.32. The van der Waals surface area contributed by atoms with Crippen molar-refractivity contribution in [1.29, 1.82) is 0 Å². The van der Waals surface area contributed by atoms with Gasteiger partial charge in [0.1, 0.15) is 5.69 Å². The Kier molecular flexibility index (Phi) is 7.45. The first kappa shape index (κ1) is 25.6. The molecule has 194 valence electrons. The summed E-state index contributed by atoms with van der Waals surface area (Å²) in [5.41, 5.74) is 2.20. The van der Waals surface area contributed by atoms with Gasteiger partial charge in [-0.1, -0.05) is 30.3 Å². The molecule has 3 N–H and O–H groups in total.